The fraction of sp³-hybridized carbons (Fsp3) is 0.947. The minimum absolute atomic E-state index is 0.104. The highest BCUT2D eigenvalue weighted by Gasteiger charge is 2.30. The number of esters is 4. The second-order valence-corrected chi connectivity index (χ2v) is 31.5. The van der Waals surface area contributed by atoms with Crippen molar-refractivity contribution in [3.8, 4) is 0 Å². The molecule has 564 valence electrons. The molecule has 6 atom stereocenters. The van der Waals surface area contributed by atoms with Crippen LogP contribution in [-0.2, 0) is 65.4 Å². The highest BCUT2D eigenvalue weighted by atomic mass is 31.2. The lowest BCUT2D eigenvalue weighted by Crippen LogP contribution is -2.30. The molecular weight excluding hydrogens is 1250 g/mol. The quantitative estimate of drug-likeness (QED) is 0.0222. The molecule has 0 bridgehead atoms. The van der Waals surface area contributed by atoms with Gasteiger partial charge in [-0.1, -0.05) is 337 Å². The van der Waals surface area contributed by atoms with E-state index in [0.717, 1.165) is 114 Å². The molecule has 0 aliphatic heterocycles. The van der Waals surface area contributed by atoms with Gasteiger partial charge in [-0.15, -0.1) is 0 Å². The monoisotopic (exact) mass is 1400 g/mol. The smallest absolute Gasteiger partial charge is 0.462 e. The number of carbonyl (C=O) groups excluding carboxylic acids is 4. The highest BCUT2D eigenvalue weighted by molar-refractivity contribution is 7.47. The Kier molecular flexibility index (Phi) is 65.2. The van der Waals surface area contributed by atoms with Crippen LogP contribution >= 0.6 is 15.6 Å². The molecule has 3 unspecified atom stereocenters. The van der Waals surface area contributed by atoms with Gasteiger partial charge in [0.25, 0.3) is 0 Å². The lowest BCUT2D eigenvalue weighted by molar-refractivity contribution is -0.161. The molecule has 0 spiro atoms. The van der Waals surface area contributed by atoms with Crippen molar-refractivity contribution >= 4 is 39.5 Å². The molecule has 0 aliphatic rings. The topological polar surface area (TPSA) is 237 Å². The molecule has 0 heterocycles. The van der Waals surface area contributed by atoms with E-state index < -0.39 is 97.5 Å². The molecule has 3 N–H and O–H groups in total. The third-order valence-electron chi connectivity index (χ3n) is 18.0. The molecule has 95 heavy (non-hydrogen) atoms. The number of rotatable bonds is 74. The maximum Gasteiger partial charge on any atom is 0.472 e. The molecule has 0 amide bonds. The van der Waals surface area contributed by atoms with E-state index in [-0.39, 0.29) is 25.7 Å². The summed E-state index contributed by atoms with van der Waals surface area (Å²) in [6, 6.07) is 0. The van der Waals surface area contributed by atoms with Crippen molar-refractivity contribution in [3.05, 3.63) is 0 Å². The molecule has 0 aromatic carbocycles. The lowest BCUT2D eigenvalue weighted by Gasteiger charge is -2.21. The highest BCUT2D eigenvalue weighted by Crippen LogP contribution is 2.45. The van der Waals surface area contributed by atoms with Gasteiger partial charge in [0.2, 0.25) is 0 Å². The average Bonchev–Trinajstić information content (AvgIpc) is 1.53. The average molecular weight is 1400 g/mol. The van der Waals surface area contributed by atoms with Crippen molar-refractivity contribution in [2.45, 2.75) is 407 Å². The van der Waals surface area contributed by atoms with E-state index in [0.29, 0.717) is 25.7 Å². The van der Waals surface area contributed by atoms with E-state index in [2.05, 4.69) is 48.5 Å². The zero-order chi connectivity index (χ0) is 70.1. The van der Waals surface area contributed by atoms with Gasteiger partial charge < -0.3 is 33.8 Å². The number of aliphatic hydroxyl groups is 1. The van der Waals surface area contributed by atoms with E-state index in [9.17, 15) is 43.2 Å². The summed E-state index contributed by atoms with van der Waals surface area (Å²) in [6.45, 7) is 11.8. The Bertz CT molecular complexity index is 1850. The Morgan fingerprint density at radius 2 is 0.537 bits per heavy atom. The Hall–Kier alpha value is -1.94. The van der Waals surface area contributed by atoms with E-state index >= 15 is 0 Å². The van der Waals surface area contributed by atoms with Crippen molar-refractivity contribution in [1.82, 2.24) is 0 Å². The number of hydrogen-bond acceptors (Lipinski definition) is 15. The summed E-state index contributed by atoms with van der Waals surface area (Å²) >= 11 is 0. The summed E-state index contributed by atoms with van der Waals surface area (Å²) in [7, 11) is -9.91. The van der Waals surface area contributed by atoms with Gasteiger partial charge in [-0.3, -0.25) is 37.3 Å². The van der Waals surface area contributed by atoms with E-state index in [1.165, 1.54) is 193 Å². The first-order valence-corrected chi connectivity index (χ1v) is 42.4. The van der Waals surface area contributed by atoms with Crippen LogP contribution in [0.5, 0.6) is 0 Å². The minimum Gasteiger partial charge on any atom is -0.462 e. The van der Waals surface area contributed by atoms with Gasteiger partial charge in [0, 0.05) is 25.7 Å². The first-order valence-electron chi connectivity index (χ1n) is 39.4. The third kappa shape index (κ3) is 69.0. The van der Waals surface area contributed by atoms with Crippen LogP contribution in [0, 0.1) is 17.8 Å². The van der Waals surface area contributed by atoms with Crippen LogP contribution in [0.4, 0.5) is 0 Å². The summed E-state index contributed by atoms with van der Waals surface area (Å²) in [5.74, 6) is 0.105. The SMILES string of the molecule is CCCCCCCCCCCCCCCCCCCCCCC(=O)O[C@H](COC(=O)CCCCCCCCCCCCC(C)C)COP(=O)(O)OC[C@@H](O)COP(=O)(O)OC[C@@H](COC(=O)CCCCCCCCC(C)CC)OC(=O)CCCCCCCCCCCC(C)C. The summed E-state index contributed by atoms with van der Waals surface area (Å²) in [6.07, 6.45) is 52.9. The largest absolute Gasteiger partial charge is 0.472 e. The van der Waals surface area contributed by atoms with Crippen LogP contribution < -0.4 is 0 Å². The van der Waals surface area contributed by atoms with Gasteiger partial charge in [0.15, 0.2) is 12.2 Å². The predicted octanol–water partition coefficient (Wildman–Crippen LogP) is 22.2. The van der Waals surface area contributed by atoms with Gasteiger partial charge >= 0.3 is 39.5 Å². The maximum absolute atomic E-state index is 13.1. The summed E-state index contributed by atoms with van der Waals surface area (Å²) < 4.78 is 68.5. The lowest BCUT2D eigenvalue weighted by atomic mass is 10.00. The first kappa shape index (κ1) is 93.1. The van der Waals surface area contributed by atoms with Crippen molar-refractivity contribution in [1.29, 1.82) is 0 Å². The Morgan fingerprint density at radius 3 is 0.800 bits per heavy atom. The molecule has 0 aliphatic carbocycles. The standard InChI is InChI=1S/C76H148O17P2/c1-8-10-11-12-13-14-15-16-17-18-19-20-21-22-23-24-31-36-45-52-59-75(80)92-71(63-86-73(78)57-50-43-35-30-26-25-28-33-40-47-54-67(3)4)65-90-94(82,83)88-61-70(77)62-89-95(84,85)91-66-72(64-87-74(79)58-51-44-39-38-42-49-56-69(7)9-2)93-76(81)60-53-46-37-32-27-29-34-41-48-55-68(5)6/h67-72,77H,8-66H2,1-7H3,(H,82,83)(H,84,85)/t69?,70-,71-,72-/m1/s1. The third-order valence-corrected chi connectivity index (χ3v) is 19.9. The number of unbranched alkanes of at least 4 members (excludes halogenated alkanes) is 41. The molecular formula is C76H148O17P2. The van der Waals surface area contributed by atoms with Crippen molar-refractivity contribution in [2.24, 2.45) is 17.8 Å². The molecule has 0 rings (SSSR count). The summed E-state index contributed by atoms with van der Waals surface area (Å²) in [5, 5.41) is 10.6. The molecule has 0 saturated carbocycles. The molecule has 0 aromatic rings. The van der Waals surface area contributed by atoms with E-state index in [1.807, 2.05) is 0 Å². The van der Waals surface area contributed by atoms with E-state index in [4.69, 9.17) is 37.0 Å². The van der Waals surface area contributed by atoms with Gasteiger partial charge in [0.1, 0.15) is 19.3 Å². The fourth-order valence-electron chi connectivity index (χ4n) is 11.6. The normalized spacial score (nSPS) is 14.4. The van der Waals surface area contributed by atoms with Crippen LogP contribution in [0.1, 0.15) is 389 Å². The zero-order valence-electron chi connectivity index (χ0n) is 62.1. The molecule has 0 radical (unpaired) electrons. The Labute approximate surface area is 581 Å². The second-order valence-electron chi connectivity index (χ2n) is 28.6. The number of phosphoric acid groups is 2. The number of carbonyl (C=O) groups is 4. The summed E-state index contributed by atoms with van der Waals surface area (Å²) in [5.41, 5.74) is 0. The molecule has 19 heteroatoms. The first-order chi connectivity index (χ1) is 45.8. The van der Waals surface area contributed by atoms with Gasteiger partial charge in [0.05, 0.1) is 26.4 Å². The van der Waals surface area contributed by atoms with Crippen molar-refractivity contribution in [3.63, 3.8) is 0 Å². The second kappa shape index (κ2) is 66.6. The van der Waals surface area contributed by atoms with Gasteiger partial charge in [-0.2, -0.15) is 0 Å². The zero-order valence-corrected chi connectivity index (χ0v) is 63.9. The minimum atomic E-state index is -4.96. The van der Waals surface area contributed by atoms with Crippen molar-refractivity contribution in [2.75, 3.05) is 39.6 Å². The fourth-order valence-corrected chi connectivity index (χ4v) is 13.1. The molecule has 0 saturated heterocycles. The number of ether oxygens (including phenoxy) is 4. The number of aliphatic hydroxyl groups excluding tert-OH is 1. The molecule has 17 nitrogen and oxygen atoms in total. The Morgan fingerprint density at radius 1 is 0.305 bits per heavy atom. The van der Waals surface area contributed by atoms with Crippen LogP contribution in [0.25, 0.3) is 0 Å². The van der Waals surface area contributed by atoms with Crippen LogP contribution in [0.15, 0.2) is 0 Å². The summed E-state index contributed by atoms with van der Waals surface area (Å²) in [4.78, 5) is 72.8. The van der Waals surface area contributed by atoms with Gasteiger partial charge in [-0.05, 0) is 43.4 Å². The van der Waals surface area contributed by atoms with Crippen LogP contribution in [-0.4, -0.2) is 96.7 Å². The number of hydrogen-bond donors (Lipinski definition) is 3. The molecule has 0 fully saturated rings. The van der Waals surface area contributed by atoms with Crippen molar-refractivity contribution < 1.29 is 80.2 Å². The van der Waals surface area contributed by atoms with Gasteiger partial charge in [-0.25, -0.2) is 9.13 Å². The van der Waals surface area contributed by atoms with E-state index in [1.54, 1.807) is 0 Å². The van der Waals surface area contributed by atoms with Crippen LogP contribution in [0.3, 0.4) is 0 Å². The van der Waals surface area contributed by atoms with Crippen LogP contribution in [0.2, 0.25) is 0 Å². The number of phosphoric ester groups is 2. The molecule has 0 aromatic heterocycles. The Balaban J connectivity index is 5.22. The predicted molar refractivity (Wildman–Crippen MR) is 386 cm³/mol. The maximum atomic E-state index is 13.1.